The molecule has 0 aliphatic carbocycles. The van der Waals surface area contributed by atoms with Crippen LogP contribution in [0.2, 0.25) is 0 Å². The zero-order chi connectivity index (χ0) is 14.3. The molecule has 0 aromatic heterocycles. The molecule has 0 rings (SSSR count). The van der Waals surface area contributed by atoms with E-state index in [-0.39, 0.29) is 23.6 Å². The summed E-state index contributed by atoms with van der Waals surface area (Å²) in [5, 5.41) is 0. The molecule has 0 atom stereocenters. The molecule has 18 heavy (non-hydrogen) atoms. The molecule has 0 heterocycles. The van der Waals surface area contributed by atoms with E-state index < -0.39 is 0 Å². The maximum Gasteiger partial charge on any atom is 0.226 e. The predicted molar refractivity (Wildman–Crippen MR) is 65.4 cm³/mol. The number of amides is 4. The Kier molecular flexibility index (Phi) is 6.85. The van der Waals surface area contributed by atoms with E-state index in [2.05, 4.69) is 0 Å². The number of carbonyl (C=O) groups excluding carboxylic acids is 4. The van der Waals surface area contributed by atoms with E-state index in [9.17, 15) is 19.2 Å². The number of imide groups is 2. The molecule has 0 bridgehead atoms. The maximum atomic E-state index is 11.1. The van der Waals surface area contributed by atoms with Crippen LogP contribution in [0.25, 0.3) is 0 Å². The lowest BCUT2D eigenvalue weighted by Crippen LogP contribution is -2.36. The Morgan fingerprint density at radius 3 is 1.00 bits per heavy atom. The fourth-order valence-electron chi connectivity index (χ4n) is 1.61. The summed E-state index contributed by atoms with van der Waals surface area (Å²) >= 11 is 0. The summed E-state index contributed by atoms with van der Waals surface area (Å²) in [6.45, 7) is 5.96. The Balaban J connectivity index is 4.12. The third-order valence-electron chi connectivity index (χ3n) is 2.53. The Labute approximate surface area is 107 Å². The van der Waals surface area contributed by atoms with Gasteiger partial charge in [-0.3, -0.25) is 29.0 Å². The van der Waals surface area contributed by atoms with Crippen LogP contribution >= 0.6 is 0 Å². The van der Waals surface area contributed by atoms with Crippen LogP contribution < -0.4 is 0 Å². The highest BCUT2D eigenvalue weighted by molar-refractivity contribution is 5.93. The fourth-order valence-corrected chi connectivity index (χ4v) is 1.61. The van der Waals surface area contributed by atoms with Crippen molar-refractivity contribution < 1.29 is 19.2 Å². The van der Waals surface area contributed by atoms with Gasteiger partial charge in [-0.1, -0.05) is 0 Å². The van der Waals surface area contributed by atoms with Crippen LogP contribution in [0.4, 0.5) is 0 Å². The van der Waals surface area contributed by atoms with E-state index in [4.69, 9.17) is 0 Å². The molecular weight excluding hydrogens is 236 g/mol. The lowest BCUT2D eigenvalue weighted by molar-refractivity contribution is -0.144. The van der Waals surface area contributed by atoms with Gasteiger partial charge in [0.15, 0.2) is 0 Å². The zero-order valence-electron chi connectivity index (χ0n) is 11.4. The van der Waals surface area contributed by atoms with Crippen LogP contribution in [0.1, 0.15) is 40.5 Å². The van der Waals surface area contributed by atoms with E-state index in [0.29, 0.717) is 25.9 Å². The third-order valence-corrected chi connectivity index (χ3v) is 2.53. The summed E-state index contributed by atoms with van der Waals surface area (Å²) in [4.78, 5) is 46.8. The number of hydrogen-bond acceptors (Lipinski definition) is 4. The highest BCUT2D eigenvalue weighted by Gasteiger charge is 2.15. The third kappa shape index (κ3) is 5.56. The van der Waals surface area contributed by atoms with E-state index in [1.54, 1.807) is 0 Å². The molecule has 102 valence electrons. The van der Waals surface area contributed by atoms with Crippen LogP contribution in [0, 0.1) is 0 Å². The normalized spacial score (nSPS) is 9.78. The number of rotatable bonds is 5. The minimum atomic E-state index is -0.294. The number of hydrogen-bond donors (Lipinski definition) is 0. The number of unbranched alkanes of at least 4 members (excludes halogenated alkanes) is 1. The molecule has 0 spiro atoms. The Bertz CT molecular complexity index is 290. The van der Waals surface area contributed by atoms with Gasteiger partial charge in [0.2, 0.25) is 23.6 Å². The zero-order valence-corrected chi connectivity index (χ0v) is 11.4. The van der Waals surface area contributed by atoms with Gasteiger partial charge in [-0.25, -0.2) is 0 Å². The Morgan fingerprint density at radius 1 is 0.611 bits per heavy atom. The minimum Gasteiger partial charge on any atom is -0.283 e. The molecule has 0 N–H and O–H groups in total. The van der Waals surface area contributed by atoms with Crippen molar-refractivity contribution in [1.82, 2.24) is 9.80 Å². The van der Waals surface area contributed by atoms with Crippen LogP contribution in [0.3, 0.4) is 0 Å². The SMILES string of the molecule is CC(=O)N(CCCCN(C(C)=O)C(C)=O)C(C)=O. The van der Waals surface area contributed by atoms with Crippen LogP contribution in [0.15, 0.2) is 0 Å². The predicted octanol–water partition coefficient (Wildman–Crippen LogP) is 0.557. The first-order valence-corrected chi connectivity index (χ1v) is 5.84. The van der Waals surface area contributed by atoms with Gasteiger partial charge in [0.25, 0.3) is 0 Å². The smallest absolute Gasteiger partial charge is 0.226 e. The summed E-state index contributed by atoms with van der Waals surface area (Å²) in [6.07, 6.45) is 1.13. The summed E-state index contributed by atoms with van der Waals surface area (Å²) in [5.74, 6) is -1.18. The molecule has 0 unspecified atom stereocenters. The van der Waals surface area contributed by atoms with Crippen molar-refractivity contribution in [3.63, 3.8) is 0 Å². The minimum absolute atomic E-state index is 0.294. The van der Waals surface area contributed by atoms with E-state index in [1.807, 2.05) is 0 Å². The van der Waals surface area contributed by atoms with Crippen molar-refractivity contribution in [2.75, 3.05) is 13.1 Å². The van der Waals surface area contributed by atoms with Crippen molar-refractivity contribution >= 4 is 23.6 Å². The first kappa shape index (κ1) is 16.3. The standard InChI is InChI=1S/C12H20N2O4/c1-9(15)13(10(2)16)7-5-6-8-14(11(3)17)12(4)18/h5-8H2,1-4H3. The topological polar surface area (TPSA) is 74.8 Å². The highest BCUT2D eigenvalue weighted by Crippen LogP contribution is 2.01. The van der Waals surface area contributed by atoms with Gasteiger partial charge in [0, 0.05) is 40.8 Å². The van der Waals surface area contributed by atoms with Crippen molar-refractivity contribution in [1.29, 1.82) is 0 Å². The van der Waals surface area contributed by atoms with Crippen LogP contribution in [-0.2, 0) is 19.2 Å². The van der Waals surface area contributed by atoms with Gasteiger partial charge in [-0.05, 0) is 12.8 Å². The molecule has 0 saturated heterocycles. The van der Waals surface area contributed by atoms with Gasteiger partial charge in [-0.2, -0.15) is 0 Å². The molecule has 0 aliphatic rings. The van der Waals surface area contributed by atoms with Crippen LogP contribution in [-0.4, -0.2) is 46.5 Å². The van der Waals surface area contributed by atoms with Crippen molar-refractivity contribution in [3.05, 3.63) is 0 Å². The second-order valence-electron chi connectivity index (χ2n) is 4.09. The van der Waals surface area contributed by atoms with E-state index in [0.717, 1.165) is 9.80 Å². The van der Waals surface area contributed by atoms with E-state index >= 15 is 0 Å². The second kappa shape index (κ2) is 7.58. The van der Waals surface area contributed by atoms with Gasteiger partial charge >= 0.3 is 0 Å². The average Bonchev–Trinajstić information content (AvgIpc) is 2.20. The number of carbonyl (C=O) groups is 4. The molecule has 0 aliphatic heterocycles. The van der Waals surface area contributed by atoms with Crippen molar-refractivity contribution in [2.24, 2.45) is 0 Å². The van der Waals surface area contributed by atoms with Crippen LogP contribution in [0.5, 0.6) is 0 Å². The quantitative estimate of drug-likeness (QED) is 0.673. The molecule has 6 nitrogen and oxygen atoms in total. The summed E-state index contributed by atoms with van der Waals surface area (Å²) in [6, 6.07) is 0. The largest absolute Gasteiger partial charge is 0.283 e. The monoisotopic (exact) mass is 256 g/mol. The Hall–Kier alpha value is -1.72. The van der Waals surface area contributed by atoms with Crippen molar-refractivity contribution in [3.8, 4) is 0 Å². The van der Waals surface area contributed by atoms with Gasteiger partial charge in [0.1, 0.15) is 0 Å². The molecule has 0 saturated carbocycles. The molecule has 6 heteroatoms. The maximum absolute atomic E-state index is 11.1. The van der Waals surface area contributed by atoms with Gasteiger partial charge < -0.3 is 0 Å². The second-order valence-corrected chi connectivity index (χ2v) is 4.09. The molecule has 0 fully saturated rings. The number of nitrogens with zero attached hydrogens (tertiary/aromatic N) is 2. The summed E-state index contributed by atoms with van der Waals surface area (Å²) in [7, 11) is 0. The Morgan fingerprint density at radius 2 is 0.833 bits per heavy atom. The molecule has 0 radical (unpaired) electrons. The van der Waals surface area contributed by atoms with E-state index in [1.165, 1.54) is 27.7 Å². The average molecular weight is 256 g/mol. The highest BCUT2D eigenvalue weighted by atomic mass is 16.2. The van der Waals surface area contributed by atoms with Gasteiger partial charge in [0.05, 0.1) is 0 Å². The van der Waals surface area contributed by atoms with Gasteiger partial charge in [-0.15, -0.1) is 0 Å². The lowest BCUT2D eigenvalue weighted by Gasteiger charge is -2.19. The molecule has 4 amide bonds. The summed E-state index contributed by atoms with van der Waals surface area (Å²) in [5.41, 5.74) is 0. The summed E-state index contributed by atoms with van der Waals surface area (Å²) < 4.78 is 0. The van der Waals surface area contributed by atoms with Crippen molar-refractivity contribution in [2.45, 2.75) is 40.5 Å². The molecule has 0 aromatic carbocycles. The molecule has 0 aromatic rings. The fraction of sp³-hybridized carbons (Fsp3) is 0.667. The lowest BCUT2D eigenvalue weighted by atomic mass is 10.2. The first-order valence-electron chi connectivity index (χ1n) is 5.84. The first-order chi connectivity index (χ1) is 8.27. The molecular formula is C12H20N2O4.